The van der Waals surface area contributed by atoms with Crippen molar-refractivity contribution < 1.29 is 17.9 Å². The number of rotatable bonds is 5. The molecular weight excluding hydrogens is 497 g/mol. The molecule has 0 aliphatic rings. The molecule has 4 aromatic heterocycles. The molecule has 182 valence electrons. The highest BCUT2D eigenvalue weighted by Gasteiger charge is 2.32. The minimum absolute atomic E-state index is 0.0905. The fourth-order valence-corrected chi connectivity index (χ4v) is 3.83. The van der Waals surface area contributed by atoms with Crippen LogP contribution in [0, 0.1) is 0 Å². The Balaban J connectivity index is 1.65. The van der Waals surface area contributed by atoms with Gasteiger partial charge >= 0.3 is 11.9 Å². The first kappa shape index (κ1) is 23.5. The van der Waals surface area contributed by atoms with Crippen LogP contribution in [0.15, 0.2) is 71.9 Å². The topological polar surface area (TPSA) is 87.2 Å². The zero-order valence-corrected chi connectivity index (χ0v) is 19.3. The van der Waals surface area contributed by atoms with Crippen LogP contribution in [0.25, 0.3) is 27.9 Å². The Kier molecular flexibility index (Phi) is 5.92. The minimum atomic E-state index is -4.55. The summed E-state index contributed by atoms with van der Waals surface area (Å²) in [5.41, 5.74) is 1.77. The van der Waals surface area contributed by atoms with Crippen LogP contribution < -0.4 is 10.4 Å². The van der Waals surface area contributed by atoms with Gasteiger partial charge in [-0.25, -0.2) is 14.5 Å². The van der Waals surface area contributed by atoms with E-state index in [1.807, 2.05) is 6.07 Å². The third-order valence-electron chi connectivity index (χ3n) is 5.45. The highest BCUT2D eigenvalue weighted by molar-refractivity contribution is 6.30. The molecule has 5 aromatic rings. The molecule has 0 fully saturated rings. The van der Waals surface area contributed by atoms with Crippen molar-refractivity contribution >= 4 is 17.2 Å². The molecule has 0 N–H and O–H groups in total. The highest BCUT2D eigenvalue weighted by Crippen LogP contribution is 2.34. The smallest absolute Gasteiger partial charge is 0.433 e. The van der Waals surface area contributed by atoms with Crippen LogP contribution >= 0.6 is 11.6 Å². The van der Waals surface area contributed by atoms with Crippen molar-refractivity contribution in [3.05, 3.63) is 93.9 Å². The van der Waals surface area contributed by atoms with Gasteiger partial charge in [0.15, 0.2) is 5.65 Å². The van der Waals surface area contributed by atoms with E-state index in [2.05, 4.69) is 20.2 Å². The summed E-state index contributed by atoms with van der Waals surface area (Å²) in [6.45, 7) is -0.0905. The molecule has 0 radical (unpaired) electrons. The summed E-state index contributed by atoms with van der Waals surface area (Å²) in [4.78, 5) is 20.8. The molecule has 1 aromatic carbocycles. The average Bonchev–Trinajstić information content (AvgIpc) is 3.19. The van der Waals surface area contributed by atoms with Gasteiger partial charge in [0.25, 0.3) is 0 Å². The van der Waals surface area contributed by atoms with Crippen molar-refractivity contribution in [2.75, 3.05) is 7.11 Å². The lowest BCUT2D eigenvalue weighted by Crippen LogP contribution is -2.23. The molecule has 0 unspecified atom stereocenters. The van der Waals surface area contributed by atoms with Gasteiger partial charge in [-0.2, -0.15) is 22.8 Å². The number of hydrogen-bond acceptors (Lipinski definition) is 6. The third-order valence-corrected chi connectivity index (χ3v) is 5.70. The Hall–Kier alpha value is -4.25. The summed E-state index contributed by atoms with van der Waals surface area (Å²) in [5, 5.41) is 9.29. The van der Waals surface area contributed by atoms with E-state index in [4.69, 9.17) is 16.3 Å². The molecule has 36 heavy (non-hydrogen) atoms. The first-order valence-corrected chi connectivity index (χ1v) is 10.9. The van der Waals surface area contributed by atoms with Crippen LogP contribution in [0.2, 0.25) is 5.02 Å². The van der Waals surface area contributed by atoms with E-state index in [0.717, 1.165) is 27.0 Å². The van der Waals surface area contributed by atoms with Gasteiger partial charge in [0, 0.05) is 40.2 Å². The lowest BCUT2D eigenvalue weighted by Gasteiger charge is -2.11. The summed E-state index contributed by atoms with van der Waals surface area (Å²) in [6.07, 6.45) is -0.327. The number of pyridine rings is 2. The van der Waals surface area contributed by atoms with Gasteiger partial charge < -0.3 is 4.74 Å². The minimum Gasteiger partial charge on any atom is -0.481 e. The second kappa shape index (κ2) is 9.08. The normalized spacial score (nSPS) is 11.7. The van der Waals surface area contributed by atoms with Crippen LogP contribution in [0.5, 0.6) is 5.88 Å². The lowest BCUT2D eigenvalue weighted by molar-refractivity contribution is -0.141. The molecule has 5 rings (SSSR count). The highest BCUT2D eigenvalue weighted by atomic mass is 35.5. The number of hydrogen-bond donors (Lipinski definition) is 0. The second-order valence-corrected chi connectivity index (χ2v) is 8.19. The maximum Gasteiger partial charge on any atom is 0.433 e. The van der Waals surface area contributed by atoms with Gasteiger partial charge in [-0.05, 0) is 35.4 Å². The van der Waals surface area contributed by atoms with Crippen molar-refractivity contribution in [3.8, 4) is 28.1 Å². The Morgan fingerprint density at radius 1 is 0.944 bits per heavy atom. The zero-order valence-electron chi connectivity index (χ0n) is 18.6. The number of aromatic nitrogens is 6. The van der Waals surface area contributed by atoms with Crippen LogP contribution in [-0.4, -0.2) is 36.5 Å². The largest absolute Gasteiger partial charge is 0.481 e. The zero-order chi connectivity index (χ0) is 25.4. The van der Waals surface area contributed by atoms with Crippen molar-refractivity contribution in [1.29, 1.82) is 0 Å². The van der Waals surface area contributed by atoms with E-state index >= 15 is 0 Å². The van der Waals surface area contributed by atoms with Crippen molar-refractivity contribution in [1.82, 2.24) is 29.4 Å². The third kappa shape index (κ3) is 4.40. The number of alkyl halides is 3. The van der Waals surface area contributed by atoms with Gasteiger partial charge in [0.2, 0.25) is 5.88 Å². The number of fused-ring (bicyclic) bond motifs is 1. The molecule has 0 saturated heterocycles. The molecule has 0 bridgehead atoms. The van der Waals surface area contributed by atoms with Crippen LogP contribution in [0.4, 0.5) is 13.2 Å². The first-order valence-electron chi connectivity index (χ1n) is 10.5. The average molecular weight is 513 g/mol. The van der Waals surface area contributed by atoms with E-state index in [-0.39, 0.29) is 12.2 Å². The Morgan fingerprint density at radius 3 is 2.31 bits per heavy atom. The Morgan fingerprint density at radius 2 is 1.69 bits per heavy atom. The number of benzene rings is 1. The molecule has 12 heteroatoms. The number of methoxy groups -OCH3 is 1. The molecule has 0 spiro atoms. The summed E-state index contributed by atoms with van der Waals surface area (Å²) >= 11 is 6.08. The first-order chi connectivity index (χ1) is 17.2. The van der Waals surface area contributed by atoms with E-state index in [1.165, 1.54) is 19.4 Å². The Labute approximate surface area is 206 Å². The second-order valence-electron chi connectivity index (χ2n) is 7.75. The standard InChI is InChI=1S/C24H16ClF3N6O2/c1-36-20-9-5-16(11-30-20)18-12-31-34-22(21(18)15-3-6-17(25)7-4-15)32-33(23(34)35)13-14-2-8-19(29-10-14)24(26,27)28/h2-12H,13H2,1H3. The van der Waals surface area contributed by atoms with Gasteiger partial charge in [0.05, 0.1) is 19.9 Å². The van der Waals surface area contributed by atoms with E-state index < -0.39 is 17.6 Å². The van der Waals surface area contributed by atoms with Gasteiger partial charge in [0.1, 0.15) is 5.69 Å². The van der Waals surface area contributed by atoms with Crippen LogP contribution in [-0.2, 0) is 12.7 Å². The summed E-state index contributed by atoms with van der Waals surface area (Å²) in [7, 11) is 1.51. The fourth-order valence-electron chi connectivity index (χ4n) is 3.70. The van der Waals surface area contributed by atoms with Gasteiger partial charge in [-0.3, -0.25) is 4.98 Å². The molecule has 0 saturated carbocycles. The number of halogens is 4. The number of nitrogens with zero attached hydrogens (tertiary/aromatic N) is 6. The van der Waals surface area contributed by atoms with Crippen molar-refractivity contribution in [2.45, 2.75) is 12.7 Å². The van der Waals surface area contributed by atoms with Crippen LogP contribution in [0.3, 0.4) is 0 Å². The van der Waals surface area contributed by atoms with Gasteiger partial charge in [-0.15, -0.1) is 5.10 Å². The lowest BCUT2D eigenvalue weighted by atomic mass is 9.98. The molecule has 0 amide bonds. The van der Waals surface area contributed by atoms with Crippen molar-refractivity contribution in [2.24, 2.45) is 0 Å². The molecule has 8 nitrogen and oxygen atoms in total. The maximum atomic E-state index is 13.1. The van der Waals surface area contributed by atoms with Crippen molar-refractivity contribution in [3.63, 3.8) is 0 Å². The Bertz CT molecular complexity index is 1600. The molecule has 0 atom stereocenters. The summed E-state index contributed by atoms with van der Waals surface area (Å²) in [6, 6.07) is 12.6. The molecule has 0 aliphatic carbocycles. The maximum absolute atomic E-state index is 13.1. The quantitative estimate of drug-likeness (QED) is 0.338. The van der Waals surface area contributed by atoms with E-state index in [0.29, 0.717) is 33.2 Å². The molecule has 4 heterocycles. The van der Waals surface area contributed by atoms with E-state index in [9.17, 15) is 18.0 Å². The number of ether oxygens (including phenoxy) is 1. The molecule has 0 aliphatic heterocycles. The predicted octanol–water partition coefficient (Wildman–Crippen LogP) is 4.74. The summed E-state index contributed by atoms with van der Waals surface area (Å²) < 4.78 is 45.9. The van der Waals surface area contributed by atoms with Gasteiger partial charge in [-0.1, -0.05) is 29.8 Å². The predicted molar refractivity (Wildman–Crippen MR) is 126 cm³/mol. The SMILES string of the molecule is COc1ccc(-c2cnn3c(=O)n(Cc4ccc(C(F)(F)F)nc4)nc3c2-c2ccc(Cl)cc2)cn1. The van der Waals surface area contributed by atoms with Crippen LogP contribution in [0.1, 0.15) is 11.3 Å². The van der Waals surface area contributed by atoms with E-state index in [1.54, 1.807) is 36.5 Å². The summed E-state index contributed by atoms with van der Waals surface area (Å²) in [5.74, 6) is 0.437. The molecular formula is C24H16ClF3N6O2. The monoisotopic (exact) mass is 512 g/mol. The fraction of sp³-hybridized carbons (Fsp3) is 0.125.